The number of rotatable bonds is 3. The molecule has 0 bridgehead atoms. The molecule has 1 aliphatic heterocycles. The minimum Gasteiger partial charge on any atom is -0.301 e. The van der Waals surface area contributed by atoms with Crippen molar-refractivity contribution in [3.05, 3.63) is 76.0 Å². The van der Waals surface area contributed by atoms with Gasteiger partial charge in [0.1, 0.15) is 5.54 Å². The molecule has 4 rings (SSSR count). The van der Waals surface area contributed by atoms with Crippen molar-refractivity contribution in [3.63, 3.8) is 0 Å². The van der Waals surface area contributed by atoms with E-state index in [4.69, 9.17) is 23.2 Å². The zero-order chi connectivity index (χ0) is 18.5. The number of hydrogen-bond acceptors (Lipinski definition) is 2. The predicted octanol–water partition coefficient (Wildman–Crippen LogP) is 5.13. The monoisotopic (exact) mass is 385 g/mol. The van der Waals surface area contributed by atoms with Crippen molar-refractivity contribution in [2.45, 2.75) is 25.8 Å². The highest BCUT2D eigenvalue weighted by Gasteiger charge is 2.48. The van der Waals surface area contributed by atoms with Crippen LogP contribution in [0.15, 0.2) is 54.9 Å². The Kier molecular flexibility index (Phi) is 4.05. The summed E-state index contributed by atoms with van der Waals surface area (Å²) in [6.45, 7) is 3.98. The van der Waals surface area contributed by atoms with Gasteiger partial charge in [-0.1, -0.05) is 53.0 Å². The average Bonchev–Trinajstić information content (AvgIpc) is 3.12. The second-order valence-electron chi connectivity index (χ2n) is 6.80. The first kappa shape index (κ1) is 17.1. The first-order valence-corrected chi connectivity index (χ1v) is 9.04. The Morgan fingerprint density at radius 3 is 2.38 bits per heavy atom. The van der Waals surface area contributed by atoms with Crippen molar-refractivity contribution in [3.8, 4) is 0 Å². The lowest BCUT2D eigenvalue weighted by molar-refractivity contribution is -0.123. The van der Waals surface area contributed by atoms with Crippen molar-refractivity contribution in [1.82, 2.24) is 9.55 Å². The minimum atomic E-state index is -0.768. The molecular formula is C20H17Cl2N3O. The predicted molar refractivity (Wildman–Crippen MR) is 104 cm³/mol. The molecule has 0 saturated heterocycles. The Morgan fingerprint density at radius 1 is 1.08 bits per heavy atom. The third-order valence-electron chi connectivity index (χ3n) is 4.79. The summed E-state index contributed by atoms with van der Waals surface area (Å²) in [5, 5.41) is 0.955. The van der Waals surface area contributed by atoms with Crippen molar-refractivity contribution in [1.29, 1.82) is 0 Å². The van der Waals surface area contributed by atoms with Crippen LogP contribution < -0.4 is 4.90 Å². The molecule has 0 spiro atoms. The summed E-state index contributed by atoms with van der Waals surface area (Å²) in [4.78, 5) is 19.4. The minimum absolute atomic E-state index is 0.0560. The van der Waals surface area contributed by atoms with E-state index in [9.17, 15) is 4.79 Å². The zero-order valence-corrected chi connectivity index (χ0v) is 15.9. The van der Waals surface area contributed by atoms with E-state index in [-0.39, 0.29) is 5.91 Å². The number of amides is 1. The fourth-order valence-electron chi connectivity index (χ4n) is 3.45. The molecule has 1 aromatic heterocycles. The van der Waals surface area contributed by atoms with Gasteiger partial charge < -0.3 is 4.57 Å². The second-order valence-corrected chi connectivity index (χ2v) is 7.67. The van der Waals surface area contributed by atoms with E-state index in [1.165, 1.54) is 5.56 Å². The topological polar surface area (TPSA) is 38.1 Å². The van der Waals surface area contributed by atoms with Crippen LogP contribution >= 0.6 is 23.2 Å². The molecular weight excluding hydrogens is 369 g/mol. The van der Waals surface area contributed by atoms with Gasteiger partial charge in [-0.25, -0.2) is 9.88 Å². The van der Waals surface area contributed by atoms with Crippen molar-refractivity contribution in [2.24, 2.45) is 0 Å². The molecule has 1 amide bonds. The highest BCUT2D eigenvalue weighted by atomic mass is 35.5. The third kappa shape index (κ3) is 2.70. The summed E-state index contributed by atoms with van der Waals surface area (Å²) >= 11 is 12.3. The Hall–Kier alpha value is -2.30. The summed E-state index contributed by atoms with van der Waals surface area (Å²) < 4.78 is 1.92. The van der Waals surface area contributed by atoms with Crippen LogP contribution in [-0.4, -0.2) is 15.5 Å². The number of hydrogen-bond donors (Lipinski definition) is 0. The lowest BCUT2D eigenvalue weighted by Crippen LogP contribution is -2.40. The largest absolute Gasteiger partial charge is 0.301 e. The van der Waals surface area contributed by atoms with Crippen molar-refractivity contribution in [2.75, 3.05) is 4.90 Å². The van der Waals surface area contributed by atoms with Gasteiger partial charge in [0.2, 0.25) is 5.95 Å². The van der Waals surface area contributed by atoms with Crippen LogP contribution in [-0.2, 0) is 16.8 Å². The van der Waals surface area contributed by atoms with Gasteiger partial charge in [-0.2, -0.15) is 0 Å². The van der Waals surface area contributed by atoms with Gasteiger partial charge in [0, 0.05) is 28.9 Å². The summed E-state index contributed by atoms with van der Waals surface area (Å²) in [5.41, 5.74) is 2.13. The lowest BCUT2D eigenvalue weighted by atomic mass is 9.91. The molecule has 132 valence electrons. The smallest absolute Gasteiger partial charge is 0.260 e. The number of benzene rings is 2. The Balaban J connectivity index is 1.79. The van der Waals surface area contributed by atoms with Crippen LogP contribution in [0.4, 0.5) is 11.6 Å². The number of carbonyl (C=O) groups is 1. The Morgan fingerprint density at radius 2 is 1.73 bits per heavy atom. The third-order valence-corrected chi connectivity index (χ3v) is 5.23. The lowest BCUT2D eigenvalue weighted by Gasteiger charge is -2.25. The Labute approximate surface area is 162 Å². The fraction of sp³-hybridized carbons (Fsp3) is 0.200. The van der Waals surface area contributed by atoms with Crippen LogP contribution in [0, 0.1) is 6.92 Å². The molecule has 2 aromatic carbocycles. The molecule has 6 heteroatoms. The first-order valence-electron chi connectivity index (χ1n) is 8.28. The van der Waals surface area contributed by atoms with Gasteiger partial charge >= 0.3 is 0 Å². The summed E-state index contributed by atoms with van der Waals surface area (Å²) in [7, 11) is 0. The van der Waals surface area contributed by atoms with Gasteiger partial charge in [0.15, 0.2) is 0 Å². The molecule has 2 heterocycles. The van der Waals surface area contributed by atoms with E-state index < -0.39 is 5.54 Å². The number of aryl methyl sites for hydroxylation is 1. The number of anilines is 2. The van der Waals surface area contributed by atoms with Crippen LogP contribution in [0.25, 0.3) is 0 Å². The molecule has 4 nitrogen and oxygen atoms in total. The SMILES string of the molecule is Cc1ccc(C[C@]2(C)C(=O)N(c3cc(Cl)cc(Cl)c3)c3nccn32)cc1. The fourth-order valence-corrected chi connectivity index (χ4v) is 3.96. The van der Waals surface area contributed by atoms with E-state index in [1.807, 2.05) is 24.6 Å². The normalized spacial score (nSPS) is 19.1. The zero-order valence-electron chi connectivity index (χ0n) is 14.4. The van der Waals surface area contributed by atoms with Crippen LogP contribution in [0.3, 0.4) is 0 Å². The van der Waals surface area contributed by atoms with Gasteiger partial charge in [-0.3, -0.25) is 4.79 Å². The number of fused-ring (bicyclic) bond motifs is 1. The van der Waals surface area contributed by atoms with Crippen molar-refractivity contribution < 1.29 is 4.79 Å². The molecule has 0 N–H and O–H groups in total. The van der Waals surface area contributed by atoms with Crippen molar-refractivity contribution >= 4 is 40.7 Å². The quantitative estimate of drug-likeness (QED) is 0.626. The molecule has 1 aliphatic rings. The van der Waals surface area contributed by atoms with Crippen LogP contribution in [0.2, 0.25) is 10.0 Å². The van der Waals surface area contributed by atoms with E-state index >= 15 is 0 Å². The van der Waals surface area contributed by atoms with Gasteiger partial charge in [0.05, 0.1) is 5.69 Å². The highest BCUT2D eigenvalue weighted by Crippen LogP contribution is 2.42. The van der Waals surface area contributed by atoms with E-state index in [0.29, 0.717) is 28.1 Å². The summed E-state index contributed by atoms with van der Waals surface area (Å²) in [6.07, 6.45) is 4.11. The maximum Gasteiger partial charge on any atom is 0.260 e. The number of aromatic nitrogens is 2. The molecule has 0 radical (unpaired) electrons. The standard InChI is InChI=1S/C20H17Cl2N3O/c1-13-3-5-14(6-4-13)12-20(2)18(26)25(19-23-7-8-24(19)20)17-10-15(21)9-16(22)11-17/h3-11H,12H2,1-2H3/t20-/m1/s1. The number of carbonyl (C=O) groups excluding carboxylic acids is 1. The maximum atomic E-state index is 13.4. The maximum absolute atomic E-state index is 13.4. The van der Waals surface area contributed by atoms with Gasteiger partial charge in [-0.15, -0.1) is 0 Å². The molecule has 0 fully saturated rings. The number of halogens is 2. The van der Waals surface area contributed by atoms with Crippen LogP contribution in [0.5, 0.6) is 0 Å². The first-order chi connectivity index (χ1) is 12.4. The van der Waals surface area contributed by atoms with Crippen LogP contribution in [0.1, 0.15) is 18.1 Å². The Bertz CT molecular complexity index is 976. The van der Waals surface area contributed by atoms with E-state index in [1.54, 1.807) is 29.3 Å². The molecule has 0 unspecified atom stereocenters. The molecule has 3 aromatic rings. The summed E-state index contributed by atoms with van der Waals surface area (Å²) in [5.74, 6) is 0.516. The van der Waals surface area contributed by atoms with E-state index in [0.717, 1.165) is 5.56 Å². The van der Waals surface area contributed by atoms with Gasteiger partial charge in [0.25, 0.3) is 5.91 Å². The molecule has 0 aliphatic carbocycles. The average molecular weight is 386 g/mol. The molecule has 1 atom stereocenters. The number of imidazole rings is 1. The van der Waals surface area contributed by atoms with E-state index in [2.05, 4.69) is 29.2 Å². The second kappa shape index (κ2) is 6.15. The molecule has 26 heavy (non-hydrogen) atoms. The summed E-state index contributed by atoms with van der Waals surface area (Å²) in [6, 6.07) is 13.3. The molecule has 0 saturated carbocycles. The highest BCUT2D eigenvalue weighted by molar-refractivity contribution is 6.35. The van der Waals surface area contributed by atoms with Gasteiger partial charge in [-0.05, 0) is 37.6 Å². The number of nitrogens with zero attached hydrogens (tertiary/aromatic N) is 3.